The molecule has 1 N–H and O–H groups in total. The summed E-state index contributed by atoms with van der Waals surface area (Å²) in [5.74, 6) is 0. The zero-order valence-corrected chi connectivity index (χ0v) is 10.0. The second kappa shape index (κ2) is 5.21. The molecule has 1 aromatic heterocycles. The van der Waals surface area contributed by atoms with Crippen LogP contribution in [-0.2, 0) is 10.0 Å². The lowest BCUT2D eigenvalue weighted by Crippen LogP contribution is -2.25. The standard InChI is InChI=1S/C8H8BrN3O2S/c9-3-4-12-15(13,14)8-2-1-7(5-10)11-6-8/h1-2,6,12H,3-4H2. The van der Waals surface area contributed by atoms with Gasteiger partial charge in [-0.25, -0.2) is 18.1 Å². The number of pyridine rings is 1. The minimum absolute atomic E-state index is 0.0578. The number of nitriles is 1. The van der Waals surface area contributed by atoms with Crippen molar-refractivity contribution in [3.63, 3.8) is 0 Å². The van der Waals surface area contributed by atoms with E-state index in [0.717, 1.165) is 6.20 Å². The van der Waals surface area contributed by atoms with E-state index >= 15 is 0 Å². The molecule has 1 heterocycles. The number of nitrogens with one attached hydrogen (secondary N) is 1. The largest absolute Gasteiger partial charge is 0.244 e. The molecule has 0 aliphatic rings. The normalized spacial score (nSPS) is 10.9. The lowest BCUT2D eigenvalue weighted by Gasteiger charge is -2.03. The third-order valence-corrected chi connectivity index (χ3v) is 3.39. The molecule has 0 saturated carbocycles. The van der Waals surface area contributed by atoms with Crippen molar-refractivity contribution in [3.05, 3.63) is 24.0 Å². The number of hydrogen-bond acceptors (Lipinski definition) is 4. The number of nitrogens with zero attached hydrogens (tertiary/aromatic N) is 2. The number of sulfonamides is 1. The predicted octanol–water partition coefficient (Wildman–Crippen LogP) is 0.626. The summed E-state index contributed by atoms with van der Waals surface area (Å²) in [4.78, 5) is 3.74. The van der Waals surface area contributed by atoms with Crippen LogP contribution in [0.15, 0.2) is 23.2 Å². The summed E-state index contributed by atoms with van der Waals surface area (Å²) >= 11 is 3.11. The molecule has 0 saturated heterocycles. The van der Waals surface area contributed by atoms with E-state index in [4.69, 9.17) is 5.26 Å². The van der Waals surface area contributed by atoms with E-state index < -0.39 is 10.0 Å². The van der Waals surface area contributed by atoms with Gasteiger partial charge in [0.25, 0.3) is 0 Å². The highest BCUT2D eigenvalue weighted by molar-refractivity contribution is 9.09. The van der Waals surface area contributed by atoms with Crippen molar-refractivity contribution in [1.82, 2.24) is 9.71 Å². The van der Waals surface area contributed by atoms with Crippen molar-refractivity contribution < 1.29 is 8.42 Å². The molecule has 80 valence electrons. The van der Waals surface area contributed by atoms with Gasteiger partial charge in [0.1, 0.15) is 16.7 Å². The smallest absolute Gasteiger partial charge is 0.242 e. The van der Waals surface area contributed by atoms with Crippen molar-refractivity contribution in [1.29, 1.82) is 5.26 Å². The van der Waals surface area contributed by atoms with Crippen LogP contribution in [0.3, 0.4) is 0 Å². The van der Waals surface area contributed by atoms with Gasteiger partial charge in [-0.1, -0.05) is 15.9 Å². The second-order valence-electron chi connectivity index (χ2n) is 2.58. The molecule has 0 radical (unpaired) electrons. The number of alkyl halides is 1. The maximum atomic E-state index is 11.5. The van der Waals surface area contributed by atoms with Gasteiger partial charge in [0.05, 0.1) is 0 Å². The van der Waals surface area contributed by atoms with Gasteiger partial charge in [-0.05, 0) is 12.1 Å². The molecule has 0 unspecified atom stereocenters. The van der Waals surface area contributed by atoms with E-state index in [-0.39, 0.29) is 10.6 Å². The van der Waals surface area contributed by atoms with E-state index in [2.05, 4.69) is 25.6 Å². The SMILES string of the molecule is N#Cc1ccc(S(=O)(=O)NCCBr)cn1. The quantitative estimate of drug-likeness (QED) is 0.824. The summed E-state index contributed by atoms with van der Waals surface area (Å²) in [6, 6.07) is 4.53. The summed E-state index contributed by atoms with van der Waals surface area (Å²) in [6.07, 6.45) is 1.16. The van der Waals surface area contributed by atoms with Crippen molar-refractivity contribution in [3.8, 4) is 6.07 Å². The zero-order valence-electron chi connectivity index (χ0n) is 7.64. The first-order valence-electron chi connectivity index (χ1n) is 4.02. The molecule has 0 aliphatic heterocycles. The van der Waals surface area contributed by atoms with Gasteiger partial charge >= 0.3 is 0 Å². The highest BCUT2D eigenvalue weighted by atomic mass is 79.9. The fourth-order valence-corrected chi connectivity index (χ4v) is 2.30. The summed E-state index contributed by atoms with van der Waals surface area (Å²) < 4.78 is 25.4. The zero-order chi connectivity index (χ0) is 11.3. The van der Waals surface area contributed by atoms with Crippen molar-refractivity contribution in [2.45, 2.75) is 4.90 Å². The Hall–Kier alpha value is -0.970. The van der Waals surface area contributed by atoms with Crippen LogP contribution < -0.4 is 4.72 Å². The Morgan fingerprint density at radius 1 is 1.53 bits per heavy atom. The predicted molar refractivity (Wildman–Crippen MR) is 57.9 cm³/mol. The monoisotopic (exact) mass is 289 g/mol. The average molecular weight is 290 g/mol. The van der Waals surface area contributed by atoms with Crippen LogP contribution in [0.5, 0.6) is 0 Å². The van der Waals surface area contributed by atoms with Crippen LogP contribution in [0.4, 0.5) is 0 Å². The summed E-state index contributed by atoms with van der Waals surface area (Å²) in [5.41, 5.74) is 0.189. The van der Waals surface area contributed by atoms with E-state index in [9.17, 15) is 8.42 Å². The van der Waals surface area contributed by atoms with Crippen LogP contribution in [-0.4, -0.2) is 25.3 Å². The van der Waals surface area contributed by atoms with Crippen LogP contribution in [0.25, 0.3) is 0 Å². The number of halogens is 1. The van der Waals surface area contributed by atoms with Gasteiger partial charge in [0, 0.05) is 18.1 Å². The first-order chi connectivity index (χ1) is 7.10. The first-order valence-corrected chi connectivity index (χ1v) is 6.62. The molecule has 0 aliphatic carbocycles. The number of aromatic nitrogens is 1. The Morgan fingerprint density at radius 3 is 2.73 bits per heavy atom. The number of hydrogen-bond donors (Lipinski definition) is 1. The van der Waals surface area contributed by atoms with Crippen molar-refractivity contribution in [2.24, 2.45) is 0 Å². The second-order valence-corrected chi connectivity index (χ2v) is 5.14. The fourth-order valence-electron chi connectivity index (χ4n) is 0.862. The van der Waals surface area contributed by atoms with E-state index in [1.807, 2.05) is 6.07 Å². The summed E-state index contributed by atoms with van der Waals surface area (Å²) in [5, 5.41) is 9.03. The third-order valence-electron chi connectivity index (χ3n) is 1.55. The molecule has 0 bridgehead atoms. The van der Waals surface area contributed by atoms with E-state index in [1.54, 1.807) is 0 Å². The number of rotatable bonds is 4. The van der Waals surface area contributed by atoms with Crippen LogP contribution in [0, 0.1) is 11.3 Å². The molecular formula is C8H8BrN3O2S. The third kappa shape index (κ3) is 3.27. The maximum absolute atomic E-state index is 11.5. The minimum atomic E-state index is -3.50. The molecule has 0 amide bonds. The van der Waals surface area contributed by atoms with Crippen LogP contribution in [0.2, 0.25) is 0 Å². The Balaban J connectivity index is 2.92. The summed E-state index contributed by atoms with van der Waals surface area (Å²) in [7, 11) is -3.50. The Labute approximate surface area is 96.3 Å². The minimum Gasteiger partial charge on any atom is -0.244 e. The molecule has 1 aromatic rings. The lowest BCUT2D eigenvalue weighted by atomic mass is 10.4. The van der Waals surface area contributed by atoms with Gasteiger partial charge in [-0.15, -0.1) is 0 Å². The highest BCUT2D eigenvalue weighted by Gasteiger charge is 2.12. The molecule has 15 heavy (non-hydrogen) atoms. The van der Waals surface area contributed by atoms with Gasteiger partial charge < -0.3 is 0 Å². The van der Waals surface area contributed by atoms with Gasteiger partial charge in [-0.3, -0.25) is 0 Å². The van der Waals surface area contributed by atoms with Gasteiger partial charge in [0.15, 0.2) is 0 Å². The summed E-state index contributed by atoms with van der Waals surface area (Å²) in [6.45, 7) is 0.308. The van der Waals surface area contributed by atoms with Gasteiger partial charge in [0.2, 0.25) is 10.0 Å². The maximum Gasteiger partial charge on any atom is 0.242 e. The Morgan fingerprint density at radius 2 is 2.27 bits per heavy atom. The average Bonchev–Trinajstić information content (AvgIpc) is 2.26. The van der Waals surface area contributed by atoms with Crippen molar-refractivity contribution in [2.75, 3.05) is 11.9 Å². The molecule has 0 atom stereocenters. The molecule has 0 fully saturated rings. The Bertz CT molecular complexity index is 464. The van der Waals surface area contributed by atoms with E-state index in [0.29, 0.717) is 11.9 Å². The van der Waals surface area contributed by atoms with E-state index in [1.165, 1.54) is 12.1 Å². The topological polar surface area (TPSA) is 82.8 Å². The molecule has 0 aromatic carbocycles. The molecule has 5 nitrogen and oxygen atoms in total. The highest BCUT2D eigenvalue weighted by Crippen LogP contribution is 2.06. The Kier molecular flexibility index (Phi) is 4.20. The molecular weight excluding hydrogens is 282 g/mol. The van der Waals surface area contributed by atoms with Gasteiger partial charge in [-0.2, -0.15) is 5.26 Å². The fraction of sp³-hybridized carbons (Fsp3) is 0.250. The first kappa shape index (κ1) is 12.1. The van der Waals surface area contributed by atoms with Crippen LogP contribution >= 0.6 is 15.9 Å². The molecule has 0 spiro atoms. The molecule has 1 rings (SSSR count). The molecule has 7 heteroatoms. The van der Waals surface area contributed by atoms with Crippen molar-refractivity contribution >= 4 is 26.0 Å². The lowest BCUT2D eigenvalue weighted by molar-refractivity contribution is 0.584. The van der Waals surface area contributed by atoms with Crippen LogP contribution in [0.1, 0.15) is 5.69 Å².